The third-order valence-corrected chi connectivity index (χ3v) is 4.97. The maximum Gasteiger partial charge on any atom is 0.409 e. The molecule has 6 heteroatoms. The molecular formula is C19H27N3O3. The molecule has 1 saturated heterocycles. The largest absolute Gasteiger partial charge is 0.450 e. The second-order valence-electron chi connectivity index (χ2n) is 6.67. The van der Waals surface area contributed by atoms with E-state index < -0.39 is 0 Å². The van der Waals surface area contributed by atoms with Crippen molar-refractivity contribution < 1.29 is 14.3 Å². The summed E-state index contributed by atoms with van der Waals surface area (Å²) in [6.45, 7) is 5.41. The molecule has 0 aromatic heterocycles. The third-order valence-electron chi connectivity index (χ3n) is 4.97. The van der Waals surface area contributed by atoms with Crippen LogP contribution < -0.4 is 10.6 Å². The summed E-state index contributed by atoms with van der Waals surface area (Å²) >= 11 is 0. The number of likely N-dealkylation sites (tertiary alicyclic amines) is 1. The molecule has 0 saturated carbocycles. The molecule has 0 aliphatic carbocycles. The Labute approximate surface area is 148 Å². The van der Waals surface area contributed by atoms with Crippen LogP contribution in [0.5, 0.6) is 0 Å². The van der Waals surface area contributed by atoms with Crippen molar-refractivity contribution in [2.45, 2.75) is 38.6 Å². The van der Waals surface area contributed by atoms with Gasteiger partial charge in [0.2, 0.25) is 0 Å². The number of benzene rings is 1. The van der Waals surface area contributed by atoms with Gasteiger partial charge in [-0.2, -0.15) is 0 Å². The van der Waals surface area contributed by atoms with Gasteiger partial charge in [-0.3, -0.25) is 4.79 Å². The van der Waals surface area contributed by atoms with Gasteiger partial charge in [0.25, 0.3) is 5.91 Å². The van der Waals surface area contributed by atoms with Crippen molar-refractivity contribution in [1.82, 2.24) is 15.5 Å². The number of piperidine rings is 1. The maximum atomic E-state index is 12.6. The van der Waals surface area contributed by atoms with Crippen molar-refractivity contribution in [3.8, 4) is 0 Å². The first-order valence-corrected chi connectivity index (χ1v) is 9.22. The third kappa shape index (κ3) is 4.51. The standard InChI is InChI=1S/C19H27N3O3/c1-2-25-19(24)22-11-7-17(8-12-22)21-18(23)16-4-3-14-5-9-20-10-6-15(14)13-16/h3-4,13,17,20H,2,5-12H2,1H3,(H,21,23). The van der Waals surface area contributed by atoms with Gasteiger partial charge in [-0.05, 0) is 69.0 Å². The smallest absolute Gasteiger partial charge is 0.409 e. The number of amides is 2. The molecule has 2 N–H and O–H groups in total. The van der Waals surface area contributed by atoms with E-state index >= 15 is 0 Å². The lowest BCUT2D eigenvalue weighted by atomic mass is 9.99. The topological polar surface area (TPSA) is 70.7 Å². The van der Waals surface area contributed by atoms with Crippen LogP contribution in [-0.4, -0.2) is 55.7 Å². The van der Waals surface area contributed by atoms with E-state index in [9.17, 15) is 9.59 Å². The van der Waals surface area contributed by atoms with Gasteiger partial charge in [0.1, 0.15) is 0 Å². The average Bonchev–Trinajstić information content (AvgIpc) is 2.87. The Morgan fingerprint density at radius 3 is 2.64 bits per heavy atom. The van der Waals surface area contributed by atoms with Gasteiger partial charge in [-0.1, -0.05) is 6.07 Å². The van der Waals surface area contributed by atoms with Crippen LogP contribution in [0.4, 0.5) is 4.79 Å². The van der Waals surface area contributed by atoms with E-state index in [1.54, 1.807) is 4.90 Å². The number of fused-ring (bicyclic) bond motifs is 1. The minimum absolute atomic E-state index is 0.0189. The van der Waals surface area contributed by atoms with Gasteiger partial charge >= 0.3 is 6.09 Å². The van der Waals surface area contributed by atoms with Crippen molar-refractivity contribution in [3.63, 3.8) is 0 Å². The van der Waals surface area contributed by atoms with Gasteiger partial charge in [0.05, 0.1) is 6.61 Å². The molecule has 25 heavy (non-hydrogen) atoms. The lowest BCUT2D eigenvalue weighted by Gasteiger charge is -2.31. The zero-order valence-corrected chi connectivity index (χ0v) is 14.8. The number of rotatable bonds is 3. The van der Waals surface area contributed by atoms with Crippen LogP contribution in [0.15, 0.2) is 18.2 Å². The fourth-order valence-electron chi connectivity index (χ4n) is 3.50. The first-order chi connectivity index (χ1) is 12.2. The first-order valence-electron chi connectivity index (χ1n) is 9.22. The first kappa shape index (κ1) is 17.7. The lowest BCUT2D eigenvalue weighted by Crippen LogP contribution is -2.46. The summed E-state index contributed by atoms with van der Waals surface area (Å²) in [5.41, 5.74) is 3.34. The second-order valence-corrected chi connectivity index (χ2v) is 6.67. The highest BCUT2D eigenvalue weighted by atomic mass is 16.6. The Morgan fingerprint density at radius 2 is 1.92 bits per heavy atom. The molecule has 136 valence electrons. The molecule has 1 aromatic rings. The lowest BCUT2D eigenvalue weighted by molar-refractivity contribution is 0.0860. The molecule has 1 aromatic carbocycles. The van der Waals surface area contributed by atoms with Crippen LogP contribution in [0.3, 0.4) is 0 Å². The van der Waals surface area contributed by atoms with Gasteiger partial charge in [-0.15, -0.1) is 0 Å². The molecule has 0 unspecified atom stereocenters. The summed E-state index contributed by atoms with van der Waals surface area (Å²) in [6, 6.07) is 6.15. The molecule has 1 fully saturated rings. The van der Waals surface area contributed by atoms with Crippen molar-refractivity contribution in [2.24, 2.45) is 0 Å². The molecule has 0 bridgehead atoms. The van der Waals surface area contributed by atoms with E-state index in [1.807, 2.05) is 19.1 Å². The number of carbonyl (C=O) groups excluding carboxylic acids is 2. The quantitative estimate of drug-likeness (QED) is 0.875. The molecule has 0 radical (unpaired) electrons. The Kier molecular flexibility index (Phi) is 5.91. The van der Waals surface area contributed by atoms with Crippen molar-refractivity contribution in [1.29, 1.82) is 0 Å². The normalized spacial score (nSPS) is 18.2. The van der Waals surface area contributed by atoms with Crippen LogP contribution in [0.1, 0.15) is 41.3 Å². The fraction of sp³-hybridized carbons (Fsp3) is 0.579. The molecule has 2 heterocycles. The number of nitrogens with zero attached hydrogens (tertiary/aromatic N) is 1. The number of nitrogens with one attached hydrogen (secondary N) is 2. The molecule has 3 rings (SSSR count). The SMILES string of the molecule is CCOC(=O)N1CCC(NC(=O)c2ccc3c(c2)CCNCC3)CC1. The van der Waals surface area contributed by atoms with E-state index in [1.165, 1.54) is 11.1 Å². The van der Waals surface area contributed by atoms with E-state index in [4.69, 9.17) is 4.74 Å². The fourth-order valence-corrected chi connectivity index (χ4v) is 3.50. The molecule has 2 amide bonds. The number of hydrogen-bond donors (Lipinski definition) is 2. The van der Waals surface area contributed by atoms with Crippen molar-refractivity contribution >= 4 is 12.0 Å². The van der Waals surface area contributed by atoms with Gasteiger partial charge in [-0.25, -0.2) is 4.79 Å². The zero-order valence-electron chi connectivity index (χ0n) is 14.8. The maximum absolute atomic E-state index is 12.6. The highest BCUT2D eigenvalue weighted by molar-refractivity contribution is 5.94. The number of ether oxygens (including phenoxy) is 1. The Hall–Kier alpha value is -2.08. The molecule has 6 nitrogen and oxygen atoms in total. The van der Waals surface area contributed by atoms with Crippen LogP contribution in [0.2, 0.25) is 0 Å². The van der Waals surface area contributed by atoms with E-state index in [0.29, 0.717) is 19.7 Å². The average molecular weight is 345 g/mol. The highest BCUT2D eigenvalue weighted by Crippen LogP contribution is 2.17. The van der Waals surface area contributed by atoms with Crippen LogP contribution >= 0.6 is 0 Å². The second kappa shape index (κ2) is 8.34. The molecule has 2 aliphatic heterocycles. The van der Waals surface area contributed by atoms with E-state index in [0.717, 1.165) is 44.3 Å². The monoisotopic (exact) mass is 345 g/mol. The van der Waals surface area contributed by atoms with Crippen molar-refractivity contribution in [3.05, 3.63) is 34.9 Å². The summed E-state index contributed by atoms with van der Waals surface area (Å²) in [7, 11) is 0. The van der Waals surface area contributed by atoms with Crippen molar-refractivity contribution in [2.75, 3.05) is 32.8 Å². The minimum atomic E-state index is -0.258. The predicted molar refractivity (Wildman–Crippen MR) is 95.8 cm³/mol. The van der Waals surface area contributed by atoms with E-state index in [2.05, 4.69) is 16.7 Å². The van der Waals surface area contributed by atoms with Crippen LogP contribution in [0.25, 0.3) is 0 Å². The Bertz CT molecular complexity index is 624. The highest BCUT2D eigenvalue weighted by Gasteiger charge is 2.25. The zero-order chi connectivity index (χ0) is 17.6. The number of carbonyl (C=O) groups is 2. The van der Waals surface area contributed by atoms with Gasteiger partial charge < -0.3 is 20.3 Å². The summed E-state index contributed by atoms with van der Waals surface area (Å²) in [4.78, 5) is 26.0. The predicted octanol–water partition coefficient (Wildman–Crippen LogP) is 1.73. The Morgan fingerprint density at radius 1 is 1.20 bits per heavy atom. The molecular weight excluding hydrogens is 318 g/mol. The minimum Gasteiger partial charge on any atom is -0.450 e. The summed E-state index contributed by atoms with van der Waals surface area (Å²) in [5, 5.41) is 6.50. The van der Waals surface area contributed by atoms with E-state index in [-0.39, 0.29) is 18.0 Å². The summed E-state index contributed by atoms with van der Waals surface area (Å²) < 4.78 is 5.02. The number of hydrogen-bond acceptors (Lipinski definition) is 4. The molecule has 0 spiro atoms. The van der Waals surface area contributed by atoms with Crippen LogP contribution in [0, 0.1) is 0 Å². The molecule has 0 atom stereocenters. The summed E-state index contributed by atoms with van der Waals surface area (Å²) in [5.74, 6) is -0.0189. The van der Waals surface area contributed by atoms with Gasteiger partial charge in [0, 0.05) is 24.7 Å². The molecule has 2 aliphatic rings. The summed E-state index contributed by atoms with van der Waals surface area (Å²) in [6.07, 6.45) is 3.25. The van der Waals surface area contributed by atoms with Gasteiger partial charge in [0.15, 0.2) is 0 Å². The van der Waals surface area contributed by atoms with Crippen LogP contribution in [-0.2, 0) is 17.6 Å². The Balaban J connectivity index is 1.55.